The molecule has 0 fully saturated rings. The van der Waals surface area contributed by atoms with Crippen LogP contribution in [0, 0.1) is 6.92 Å². The van der Waals surface area contributed by atoms with Crippen molar-refractivity contribution in [2.45, 2.75) is 13.8 Å². The van der Waals surface area contributed by atoms with Crippen LogP contribution in [-0.4, -0.2) is 30.7 Å². The molecule has 0 atom stereocenters. The van der Waals surface area contributed by atoms with Crippen LogP contribution in [0.25, 0.3) is 6.08 Å². The maximum absolute atomic E-state index is 12.6. The summed E-state index contributed by atoms with van der Waals surface area (Å²) in [5, 5.41) is 2.79. The second-order valence-corrected chi connectivity index (χ2v) is 7.61. The third-order valence-electron chi connectivity index (χ3n) is 5.14. The number of hydrogen-bond acceptors (Lipinski definition) is 5. The second kappa shape index (κ2) is 9.53. The normalized spacial score (nSPS) is 12.4. The lowest BCUT2D eigenvalue weighted by atomic mass is 10.1. The van der Waals surface area contributed by atoms with Crippen molar-refractivity contribution in [1.82, 2.24) is 0 Å². The van der Waals surface area contributed by atoms with E-state index in [1.807, 2.05) is 38.1 Å². The van der Waals surface area contributed by atoms with Crippen LogP contribution in [0.2, 0.25) is 0 Å². The Labute approximate surface area is 191 Å². The molecule has 6 heteroatoms. The highest BCUT2D eigenvalue weighted by Crippen LogP contribution is 2.32. The molecule has 0 saturated carbocycles. The van der Waals surface area contributed by atoms with E-state index in [0.29, 0.717) is 40.5 Å². The van der Waals surface area contributed by atoms with E-state index >= 15 is 0 Å². The molecule has 1 aliphatic rings. The minimum atomic E-state index is -0.297. The molecule has 3 aromatic carbocycles. The lowest BCUT2D eigenvalue weighted by Crippen LogP contribution is -2.20. The Balaban J connectivity index is 1.50. The van der Waals surface area contributed by atoms with Gasteiger partial charge in [0.2, 0.25) is 0 Å². The molecule has 4 rings (SSSR count). The predicted octanol–water partition coefficient (Wildman–Crippen LogP) is 4.87. The number of aryl methyl sites for hydroxylation is 1. The average molecular weight is 441 g/mol. The Hall–Kier alpha value is -4.19. The van der Waals surface area contributed by atoms with E-state index < -0.39 is 0 Å². The second-order valence-electron chi connectivity index (χ2n) is 7.61. The highest BCUT2D eigenvalue weighted by molar-refractivity contribution is 6.41. The quantitative estimate of drug-likeness (QED) is 0.418. The minimum Gasteiger partial charge on any atom is -0.490 e. The summed E-state index contributed by atoms with van der Waals surface area (Å²) >= 11 is 0. The molecule has 0 aliphatic heterocycles. The van der Waals surface area contributed by atoms with Crippen LogP contribution in [-0.2, 0) is 4.79 Å². The standard InChI is InChI=1S/C27H23NO5/c1-3-32-24-15-18(14-22-26(30)20-9-4-5-10-21(20)27(22)31)11-12-23(24)33-16-25(29)28-19-8-6-7-17(2)13-19/h4-15H,3,16H2,1-2H3,(H,28,29). The predicted molar refractivity (Wildman–Crippen MR) is 126 cm³/mol. The van der Waals surface area contributed by atoms with Gasteiger partial charge in [-0.15, -0.1) is 0 Å². The smallest absolute Gasteiger partial charge is 0.262 e. The van der Waals surface area contributed by atoms with Crippen LogP contribution in [0.5, 0.6) is 11.5 Å². The van der Waals surface area contributed by atoms with Crippen LogP contribution < -0.4 is 14.8 Å². The molecule has 1 N–H and O–H groups in total. The summed E-state index contributed by atoms with van der Waals surface area (Å²) in [5.41, 5.74) is 3.31. The van der Waals surface area contributed by atoms with Gasteiger partial charge in [-0.25, -0.2) is 0 Å². The summed E-state index contributed by atoms with van der Waals surface area (Å²) in [7, 11) is 0. The van der Waals surface area contributed by atoms with Gasteiger partial charge < -0.3 is 14.8 Å². The Morgan fingerprint density at radius 3 is 2.27 bits per heavy atom. The first-order chi connectivity index (χ1) is 16.0. The number of anilines is 1. The number of hydrogen-bond donors (Lipinski definition) is 1. The number of allylic oxidation sites excluding steroid dienone is 1. The molecule has 0 bridgehead atoms. The fourth-order valence-corrected chi connectivity index (χ4v) is 3.64. The Morgan fingerprint density at radius 2 is 1.61 bits per heavy atom. The van der Waals surface area contributed by atoms with Gasteiger partial charge in [-0.1, -0.05) is 42.5 Å². The summed E-state index contributed by atoms with van der Waals surface area (Å²) in [6, 6.07) is 19.3. The maximum atomic E-state index is 12.6. The Kier molecular flexibility index (Phi) is 6.36. The topological polar surface area (TPSA) is 81.7 Å². The monoisotopic (exact) mass is 441 g/mol. The van der Waals surface area contributed by atoms with Crippen molar-refractivity contribution in [1.29, 1.82) is 0 Å². The van der Waals surface area contributed by atoms with Gasteiger partial charge in [0.25, 0.3) is 5.91 Å². The summed E-state index contributed by atoms with van der Waals surface area (Å²) in [6.45, 7) is 3.97. The number of rotatable bonds is 7. The number of carbonyl (C=O) groups excluding carboxylic acids is 3. The molecule has 1 amide bonds. The number of ether oxygens (including phenoxy) is 2. The van der Waals surface area contributed by atoms with Crippen LogP contribution in [0.3, 0.4) is 0 Å². The minimum absolute atomic E-state index is 0.116. The Morgan fingerprint density at radius 1 is 0.879 bits per heavy atom. The molecule has 33 heavy (non-hydrogen) atoms. The molecule has 0 spiro atoms. The number of benzene rings is 3. The van der Waals surface area contributed by atoms with Gasteiger partial charge >= 0.3 is 0 Å². The van der Waals surface area contributed by atoms with Gasteiger partial charge in [0.05, 0.1) is 12.2 Å². The maximum Gasteiger partial charge on any atom is 0.262 e. The summed E-state index contributed by atoms with van der Waals surface area (Å²) in [4.78, 5) is 37.6. The number of ketones is 2. The highest BCUT2D eigenvalue weighted by Gasteiger charge is 2.32. The summed E-state index contributed by atoms with van der Waals surface area (Å²) in [6.07, 6.45) is 1.56. The third kappa shape index (κ3) is 4.85. The number of carbonyl (C=O) groups is 3. The molecule has 1 aliphatic carbocycles. The van der Waals surface area contributed by atoms with E-state index in [9.17, 15) is 14.4 Å². The SMILES string of the molecule is CCOc1cc(C=C2C(=O)c3ccccc3C2=O)ccc1OCC(=O)Nc1cccc(C)c1. The molecular weight excluding hydrogens is 418 g/mol. The van der Waals surface area contributed by atoms with E-state index in [1.54, 1.807) is 48.5 Å². The first-order valence-electron chi connectivity index (χ1n) is 10.6. The van der Waals surface area contributed by atoms with Gasteiger partial charge in [-0.2, -0.15) is 0 Å². The zero-order valence-corrected chi connectivity index (χ0v) is 18.4. The van der Waals surface area contributed by atoms with Crippen LogP contribution in [0.1, 0.15) is 38.8 Å². The number of nitrogens with one attached hydrogen (secondary N) is 1. The van der Waals surface area contributed by atoms with Crippen molar-refractivity contribution < 1.29 is 23.9 Å². The van der Waals surface area contributed by atoms with Crippen molar-refractivity contribution in [3.63, 3.8) is 0 Å². The van der Waals surface area contributed by atoms with Crippen molar-refractivity contribution >= 4 is 29.2 Å². The van der Waals surface area contributed by atoms with Crippen LogP contribution in [0.15, 0.2) is 72.3 Å². The number of Topliss-reactive ketones (excluding diaryl/α,β-unsaturated/α-hetero) is 2. The first kappa shape index (κ1) is 22.0. The molecule has 0 aromatic heterocycles. The molecule has 0 heterocycles. The highest BCUT2D eigenvalue weighted by atomic mass is 16.5. The fraction of sp³-hybridized carbons (Fsp3) is 0.148. The molecular formula is C27H23NO5. The molecule has 3 aromatic rings. The van der Waals surface area contributed by atoms with E-state index in [-0.39, 0.29) is 29.7 Å². The lowest BCUT2D eigenvalue weighted by Gasteiger charge is -2.13. The first-order valence-corrected chi connectivity index (χ1v) is 10.6. The van der Waals surface area contributed by atoms with Crippen molar-refractivity contribution in [2.24, 2.45) is 0 Å². The zero-order chi connectivity index (χ0) is 23.4. The van der Waals surface area contributed by atoms with Gasteiger partial charge in [0, 0.05) is 16.8 Å². The largest absolute Gasteiger partial charge is 0.490 e. The van der Waals surface area contributed by atoms with E-state index in [2.05, 4.69) is 5.32 Å². The summed E-state index contributed by atoms with van der Waals surface area (Å²) in [5.74, 6) is -0.0612. The van der Waals surface area contributed by atoms with Gasteiger partial charge in [0.1, 0.15) is 0 Å². The fourth-order valence-electron chi connectivity index (χ4n) is 3.64. The molecule has 0 radical (unpaired) electrons. The summed E-state index contributed by atoms with van der Waals surface area (Å²) < 4.78 is 11.3. The van der Waals surface area contributed by atoms with Crippen molar-refractivity contribution in [3.05, 3.63) is 94.6 Å². The number of fused-ring (bicyclic) bond motifs is 1. The molecule has 166 valence electrons. The number of amides is 1. The van der Waals surface area contributed by atoms with Gasteiger partial charge in [-0.05, 0) is 55.3 Å². The lowest BCUT2D eigenvalue weighted by molar-refractivity contribution is -0.118. The molecule has 6 nitrogen and oxygen atoms in total. The van der Waals surface area contributed by atoms with E-state index in [4.69, 9.17) is 9.47 Å². The van der Waals surface area contributed by atoms with Crippen molar-refractivity contribution in [3.8, 4) is 11.5 Å². The van der Waals surface area contributed by atoms with Crippen LogP contribution >= 0.6 is 0 Å². The Bertz CT molecular complexity index is 1240. The van der Waals surface area contributed by atoms with Crippen molar-refractivity contribution in [2.75, 3.05) is 18.5 Å². The van der Waals surface area contributed by atoms with Gasteiger partial charge in [0.15, 0.2) is 29.7 Å². The molecule has 0 unspecified atom stereocenters. The zero-order valence-electron chi connectivity index (χ0n) is 18.4. The van der Waals surface area contributed by atoms with Gasteiger partial charge in [-0.3, -0.25) is 14.4 Å². The van der Waals surface area contributed by atoms with E-state index in [0.717, 1.165) is 5.56 Å². The third-order valence-corrected chi connectivity index (χ3v) is 5.14. The molecule has 0 saturated heterocycles. The van der Waals surface area contributed by atoms with E-state index in [1.165, 1.54) is 0 Å². The van der Waals surface area contributed by atoms with Crippen LogP contribution in [0.4, 0.5) is 5.69 Å². The average Bonchev–Trinajstić information content (AvgIpc) is 3.04.